The number of hydrogen-bond acceptors (Lipinski definition) is 3. The molecule has 0 saturated carbocycles. The maximum Gasteiger partial charge on any atom is 0.120 e. The van der Waals surface area contributed by atoms with E-state index in [1.165, 1.54) is 5.56 Å². The summed E-state index contributed by atoms with van der Waals surface area (Å²) < 4.78 is 5.83. The van der Waals surface area contributed by atoms with Crippen molar-refractivity contribution in [2.24, 2.45) is 0 Å². The molecule has 3 nitrogen and oxygen atoms in total. The lowest BCUT2D eigenvalue weighted by atomic mass is 10.2. The molecule has 0 atom stereocenters. The molecule has 124 valence electrons. The van der Waals surface area contributed by atoms with E-state index < -0.39 is 0 Å². The average molecular weight is 353 g/mol. The SMILES string of the molecule is CNCCCNCc1cccc(OCc2ccc(Cl)cc2Cl)c1. The molecule has 2 aromatic rings. The highest BCUT2D eigenvalue weighted by Gasteiger charge is 2.03. The minimum absolute atomic E-state index is 0.426. The monoisotopic (exact) mass is 352 g/mol. The van der Waals surface area contributed by atoms with E-state index in [0.717, 1.165) is 37.4 Å². The van der Waals surface area contributed by atoms with E-state index >= 15 is 0 Å². The topological polar surface area (TPSA) is 33.3 Å². The van der Waals surface area contributed by atoms with Gasteiger partial charge in [-0.1, -0.05) is 41.4 Å². The molecule has 0 fully saturated rings. The number of hydrogen-bond donors (Lipinski definition) is 2. The molecule has 0 amide bonds. The van der Waals surface area contributed by atoms with E-state index in [1.54, 1.807) is 6.07 Å². The predicted octanol–water partition coefficient (Wildman–Crippen LogP) is 4.27. The first-order valence-corrected chi connectivity index (χ1v) is 8.45. The average Bonchev–Trinajstić information content (AvgIpc) is 2.54. The molecule has 0 unspecified atom stereocenters. The maximum absolute atomic E-state index is 6.16. The smallest absolute Gasteiger partial charge is 0.120 e. The van der Waals surface area contributed by atoms with Crippen LogP contribution in [0.1, 0.15) is 17.5 Å². The summed E-state index contributed by atoms with van der Waals surface area (Å²) in [5.41, 5.74) is 2.13. The lowest BCUT2D eigenvalue weighted by molar-refractivity contribution is 0.306. The van der Waals surface area contributed by atoms with Gasteiger partial charge < -0.3 is 15.4 Å². The zero-order valence-corrected chi connectivity index (χ0v) is 14.8. The largest absolute Gasteiger partial charge is 0.489 e. The lowest BCUT2D eigenvalue weighted by Crippen LogP contribution is -2.19. The van der Waals surface area contributed by atoms with Crippen LogP contribution in [0.2, 0.25) is 10.0 Å². The van der Waals surface area contributed by atoms with Gasteiger partial charge in [-0.25, -0.2) is 0 Å². The molecule has 0 heterocycles. The van der Waals surface area contributed by atoms with Crippen LogP contribution in [0.3, 0.4) is 0 Å². The van der Waals surface area contributed by atoms with Gasteiger partial charge in [0.2, 0.25) is 0 Å². The Balaban J connectivity index is 1.84. The molecule has 0 radical (unpaired) electrons. The van der Waals surface area contributed by atoms with Crippen LogP contribution in [0.4, 0.5) is 0 Å². The summed E-state index contributed by atoms with van der Waals surface area (Å²) in [6, 6.07) is 13.5. The standard InChI is InChI=1S/C18H22Cl2N2O/c1-21-8-3-9-22-12-14-4-2-5-17(10-14)23-13-15-6-7-16(19)11-18(15)20/h2,4-7,10-11,21-22H,3,8-9,12-13H2,1H3. The van der Waals surface area contributed by atoms with Gasteiger partial charge in [0.15, 0.2) is 0 Å². The highest BCUT2D eigenvalue weighted by molar-refractivity contribution is 6.35. The number of ether oxygens (including phenoxy) is 1. The van der Waals surface area contributed by atoms with Crippen molar-refractivity contribution in [2.75, 3.05) is 20.1 Å². The molecule has 0 aliphatic carbocycles. The maximum atomic E-state index is 6.16. The Kier molecular flexibility index (Phi) is 7.69. The van der Waals surface area contributed by atoms with E-state index in [1.807, 2.05) is 31.3 Å². The second-order valence-electron chi connectivity index (χ2n) is 5.31. The van der Waals surface area contributed by atoms with Crippen molar-refractivity contribution in [1.82, 2.24) is 10.6 Å². The van der Waals surface area contributed by atoms with Crippen molar-refractivity contribution in [2.45, 2.75) is 19.6 Å². The van der Waals surface area contributed by atoms with Crippen LogP contribution in [-0.2, 0) is 13.2 Å². The molecule has 2 rings (SSSR count). The Morgan fingerprint density at radius 3 is 2.70 bits per heavy atom. The molecule has 0 aromatic heterocycles. The fourth-order valence-corrected chi connectivity index (χ4v) is 2.63. The first-order valence-electron chi connectivity index (χ1n) is 7.70. The van der Waals surface area contributed by atoms with E-state index in [2.05, 4.69) is 22.8 Å². The Morgan fingerprint density at radius 1 is 1.04 bits per heavy atom. The summed E-state index contributed by atoms with van der Waals surface area (Å²) in [7, 11) is 1.97. The van der Waals surface area contributed by atoms with Gasteiger partial charge in [0, 0.05) is 22.2 Å². The van der Waals surface area contributed by atoms with Crippen molar-refractivity contribution in [3.05, 3.63) is 63.6 Å². The molecular weight excluding hydrogens is 331 g/mol. The first kappa shape index (κ1) is 18.1. The highest BCUT2D eigenvalue weighted by atomic mass is 35.5. The van der Waals surface area contributed by atoms with Crippen LogP contribution in [0, 0.1) is 0 Å². The summed E-state index contributed by atoms with van der Waals surface area (Å²) >= 11 is 12.1. The molecule has 0 spiro atoms. The van der Waals surface area contributed by atoms with E-state index in [-0.39, 0.29) is 0 Å². The zero-order valence-electron chi connectivity index (χ0n) is 13.2. The highest BCUT2D eigenvalue weighted by Crippen LogP contribution is 2.23. The van der Waals surface area contributed by atoms with Gasteiger partial charge in [-0.2, -0.15) is 0 Å². The van der Waals surface area contributed by atoms with Gasteiger partial charge in [0.25, 0.3) is 0 Å². The van der Waals surface area contributed by atoms with Crippen LogP contribution in [0.5, 0.6) is 5.75 Å². The summed E-state index contributed by atoms with van der Waals surface area (Å²) in [6.07, 6.45) is 1.11. The molecule has 5 heteroatoms. The number of nitrogens with one attached hydrogen (secondary N) is 2. The van der Waals surface area contributed by atoms with Crippen molar-refractivity contribution in [3.63, 3.8) is 0 Å². The minimum atomic E-state index is 0.426. The third-order valence-corrected chi connectivity index (χ3v) is 4.00. The van der Waals surface area contributed by atoms with Crippen LogP contribution < -0.4 is 15.4 Å². The van der Waals surface area contributed by atoms with Gasteiger partial charge in [-0.05, 0) is 56.4 Å². The lowest BCUT2D eigenvalue weighted by Gasteiger charge is -2.10. The third kappa shape index (κ3) is 6.40. The molecular formula is C18H22Cl2N2O. The normalized spacial score (nSPS) is 10.7. The molecule has 0 aliphatic rings. The fourth-order valence-electron chi connectivity index (χ4n) is 2.17. The Bertz CT molecular complexity index is 620. The summed E-state index contributed by atoms with van der Waals surface area (Å²) in [6.45, 7) is 3.28. The third-order valence-electron chi connectivity index (χ3n) is 3.42. The minimum Gasteiger partial charge on any atom is -0.489 e. The van der Waals surface area contributed by atoms with E-state index in [4.69, 9.17) is 27.9 Å². The fraction of sp³-hybridized carbons (Fsp3) is 0.333. The predicted molar refractivity (Wildman–Crippen MR) is 97.5 cm³/mol. The summed E-state index contributed by atoms with van der Waals surface area (Å²) in [5, 5.41) is 7.81. The van der Waals surface area contributed by atoms with Gasteiger partial charge in [-0.15, -0.1) is 0 Å². The molecule has 2 aromatic carbocycles. The van der Waals surface area contributed by atoms with E-state index in [9.17, 15) is 0 Å². The zero-order chi connectivity index (χ0) is 16.5. The van der Waals surface area contributed by atoms with Crippen molar-refractivity contribution < 1.29 is 4.74 Å². The van der Waals surface area contributed by atoms with Crippen LogP contribution in [0.25, 0.3) is 0 Å². The Labute approximate surface area is 147 Å². The summed E-state index contributed by atoms with van der Waals surface area (Å²) in [5.74, 6) is 0.838. The van der Waals surface area contributed by atoms with Crippen molar-refractivity contribution in [3.8, 4) is 5.75 Å². The first-order chi connectivity index (χ1) is 11.2. The Morgan fingerprint density at radius 2 is 1.91 bits per heavy atom. The second kappa shape index (κ2) is 9.78. The van der Waals surface area contributed by atoms with E-state index in [0.29, 0.717) is 16.7 Å². The van der Waals surface area contributed by atoms with Gasteiger partial charge in [-0.3, -0.25) is 0 Å². The van der Waals surface area contributed by atoms with Crippen LogP contribution in [0.15, 0.2) is 42.5 Å². The van der Waals surface area contributed by atoms with Crippen molar-refractivity contribution in [1.29, 1.82) is 0 Å². The van der Waals surface area contributed by atoms with Crippen LogP contribution >= 0.6 is 23.2 Å². The number of rotatable bonds is 9. The second-order valence-corrected chi connectivity index (χ2v) is 6.15. The Hall–Kier alpha value is -1.26. The molecule has 2 N–H and O–H groups in total. The van der Waals surface area contributed by atoms with Gasteiger partial charge in [0.05, 0.1) is 0 Å². The van der Waals surface area contributed by atoms with Gasteiger partial charge >= 0.3 is 0 Å². The molecule has 0 aliphatic heterocycles. The number of halogens is 2. The quantitative estimate of drug-likeness (QED) is 0.661. The molecule has 0 saturated heterocycles. The molecule has 23 heavy (non-hydrogen) atoms. The van der Waals surface area contributed by atoms with Crippen LogP contribution in [-0.4, -0.2) is 20.1 Å². The number of benzene rings is 2. The molecule has 0 bridgehead atoms. The summed E-state index contributed by atoms with van der Waals surface area (Å²) in [4.78, 5) is 0. The van der Waals surface area contributed by atoms with Crippen molar-refractivity contribution >= 4 is 23.2 Å². The van der Waals surface area contributed by atoms with Gasteiger partial charge in [0.1, 0.15) is 12.4 Å².